The van der Waals surface area contributed by atoms with Crippen LogP contribution in [0.15, 0.2) is 47.6 Å². The summed E-state index contributed by atoms with van der Waals surface area (Å²) < 4.78 is 5.53. The third kappa shape index (κ3) is 5.33. The van der Waals surface area contributed by atoms with E-state index in [-0.39, 0.29) is 0 Å². The lowest BCUT2D eigenvalue weighted by Crippen LogP contribution is -2.22. The summed E-state index contributed by atoms with van der Waals surface area (Å²) >= 11 is 0. The predicted octanol–water partition coefficient (Wildman–Crippen LogP) is 4.68. The van der Waals surface area contributed by atoms with Crippen LogP contribution in [0.5, 0.6) is 5.75 Å². The number of rotatable bonds is 8. The van der Waals surface area contributed by atoms with E-state index in [1.165, 1.54) is 11.1 Å². The Morgan fingerprint density at radius 3 is 2.36 bits per heavy atom. The van der Waals surface area contributed by atoms with E-state index in [0.29, 0.717) is 0 Å². The molecule has 134 valence electrons. The minimum Gasteiger partial charge on any atom is -0.496 e. The maximum Gasteiger partial charge on any atom is 0.123 e. The van der Waals surface area contributed by atoms with Gasteiger partial charge in [-0.2, -0.15) is 5.10 Å². The molecule has 1 N–H and O–H groups in total. The molecule has 2 rings (SSSR count). The van der Waals surface area contributed by atoms with Crippen molar-refractivity contribution in [2.24, 2.45) is 5.10 Å². The van der Waals surface area contributed by atoms with Gasteiger partial charge in [-0.05, 0) is 62.8 Å². The second-order valence-electron chi connectivity index (χ2n) is 6.16. The van der Waals surface area contributed by atoms with Gasteiger partial charge in [0.2, 0.25) is 0 Å². The molecule has 0 atom stereocenters. The zero-order valence-electron chi connectivity index (χ0n) is 16.0. The van der Waals surface area contributed by atoms with Gasteiger partial charge in [-0.15, -0.1) is 0 Å². The van der Waals surface area contributed by atoms with Crippen LogP contribution in [0.2, 0.25) is 0 Å². The molecule has 0 aliphatic rings. The van der Waals surface area contributed by atoms with Crippen LogP contribution >= 0.6 is 0 Å². The second kappa shape index (κ2) is 9.23. The van der Waals surface area contributed by atoms with Crippen molar-refractivity contribution in [1.29, 1.82) is 0 Å². The van der Waals surface area contributed by atoms with E-state index in [1.807, 2.05) is 25.1 Å². The first-order valence-electron chi connectivity index (χ1n) is 8.84. The molecule has 2 aromatic rings. The van der Waals surface area contributed by atoms with Crippen LogP contribution in [0.1, 0.15) is 37.5 Å². The van der Waals surface area contributed by atoms with Crippen molar-refractivity contribution in [3.8, 4) is 5.75 Å². The molecule has 0 aliphatic heterocycles. The van der Waals surface area contributed by atoms with Crippen LogP contribution in [0.4, 0.5) is 5.69 Å². The molecule has 25 heavy (non-hydrogen) atoms. The van der Waals surface area contributed by atoms with Gasteiger partial charge in [0.05, 0.1) is 18.5 Å². The second-order valence-corrected chi connectivity index (χ2v) is 6.16. The van der Waals surface area contributed by atoms with Crippen LogP contribution in [-0.4, -0.2) is 30.8 Å². The minimum atomic E-state index is 0.878. The van der Waals surface area contributed by atoms with Gasteiger partial charge in [-0.3, -0.25) is 10.3 Å². The van der Waals surface area contributed by atoms with Crippen LogP contribution in [0, 0.1) is 6.92 Å². The summed E-state index contributed by atoms with van der Waals surface area (Å²) in [5.74, 6) is 0.926. The Labute approximate surface area is 151 Å². The highest BCUT2D eigenvalue weighted by Gasteiger charge is 2.09. The van der Waals surface area contributed by atoms with Gasteiger partial charge in [-0.25, -0.2) is 0 Å². The molecule has 0 bridgehead atoms. The van der Waals surface area contributed by atoms with Crippen LogP contribution in [0.25, 0.3) is 0 Å². The number of nitrogens with one attached hydrogen (secondary N) is 1. The average molecular weight is 339 g/mol. The van der Waals surface area contributed by atoms with Crippen molar-refractivity contribution in [2.75, 3.05) is 25.6 Å². The van der Waals surface area contributed by atoms with Gasteiger partial charge in [-0.1, -0.05) is 31.5 Å². The number of aryl methyl sites for hydroxylation is 1. The molecule has 0 aromatic heterocycles. The number of nitrogens with zero attached hydrogens (tertiary/aromatic N) is 2. The van der Waals surface area contributed by atoms with E-state index in [2.05, 4.69) is 60.5 Å². The fraction of sp³-hybridized carbons (Fsp3) is 0.381. The molecule has 0 heterocycles. The number of ether oxygens (including phenoxy) is 1. The molecule has 4 nitrogen and oxygen atoms in total. The van der Waals surface area contributed by atoms with E-state index >= 15 is 0 Å². The number of anilines is 1. The van der Waals surface area contributed by atoms with Gasteiger partial charge in [0.1, 0.15) is 5.75 Å². The summed E-state index contributed by atoms with van der Waals surface area (Å²) in [6, 6.07) is 14.5. The fourth-order valence-corrected chi connectivity index (χ4v) is 2.66. The maximum absolute atomic E-state index is 5.53. The molecule has 0 saturated carbocycles. The minimum absolute atomic E-state index is 0.878. The molecule has 0 saturated heterocycles. The number of benzene rings is 2. The summed E-state index contributed by atoms with van der Waals surface area (Å²) in [4.78, 5) is 2.37. The number of hydrogen-bond acceptors (Lipinski definition) is 4. The molecule has 4 heteroatoms. The SMILES string of the molecule is CCN(CC)Cc1cc(/C(C)=N\Nc2ccc(C)cc2)ccc1OC. The largest absolute Gasteiger partial charge is 0.496 e. The van der Waals surface area contributed by atoms with Crippen molar-refractivity contribution in [2.45, 2.75) is 34.2 Å². The monoisotopic (exact) mass is 339 g/mol. The highest BCUT2D eigenvalue weighted by atomic mass is 16.5. The third-order valence-corrected chi connectivity index (χ3v) is 4.39. The lowest BCUT2D eigenvalue weighted by Gasteiger charge is -2.20. The van der Waals surface area contributed by atoms with Crippen molar-refractivity contribution in [3.05, 3.63) is 59.2 Å². The lowest BCUT2D eigenvalue weighted by molar-refractivity contribution is 0.289. The van der Waals surface area contributed by atoms with Crippen molar-refractivity contribution < 1.29 is 4.74 Å². The average Bonchev–Trinajstić information content (AvgIpc) is 2.65. The van der Waals surface area contributed by atoms with Gasteiger partial charge in [0.25, 0.3) is 0 Å². The fourth-order valence-electron chi connectivity index (χ4n) is 2.66. The van der Waals surface area contributed by atoms with Gasteiger partial charge < -0.3 is 4.74 Å². The maximum atomic E-state index is 5.53. The van der Waals surface area contributed by atoms with E-state index in [9.17, 15) is 0 Å². The summed E-state index contributed by atoms with van der Waals surface area (Å²) in [6.07, 6.45) is 0. The molecule has 0 aliphatic carbocycles. The smallest absolute Gasteiger partial charge is 0.123 e. The molecule has 0 fully saturated rings. The van der Waals surface area contributed by atoms with Gasteiger partial charge in [0.15, 0.2) is 0 Å². The van der Waals surface area contributed by atoms with Crippen molar-refractivity contribution in [3.63, 3.8) is 0 Å². The summed E-state index contributed by atoms with van der Waals surface area (Å²) in [5.41, 5.74) is 8.59. The van der Waals surface area contributed by atoms with Gasteiger partial charge >= 0.3 is 0 Å². The Bertz CT molecular complexity index is 704. The highest BCUT2D eigenvalue weighted by molar-refractivity contribution is 5.99. The van der Waals surface area contributed by atoms with E-state index in [1.54, 1.807) is 7.11 Å². The summed E-state index contributed by atoms with van der Waals surface area (Å²) in [5, 5.41) is 4.52. The standard InChI is InChI=1S/C21H29N3O/c1-6-24(7-2)15-19-14-18(10-13-21(19)25-5)17(4)22-23-20-11-8-16(3)9-12-20/h8-14,23H,6-7,15H2,1-5H3/b22-17-. The Kier molecular flexibility index (Phi) is 7.02. The van der Waals surface area contributed by atoms with Crippen LogP contribution in [0.3, 0.4) is 0 Å². The molecular weight excluding hydrogens is 310 g/mol. The first-order chi connectivity index (χ1) is 12.1. The van der Waals surface area contributed by atoms with Crippen LogP contribution in [-0.2, 0) is 6.54 Å². The highest BCUT2D eigenvalue weighted by Crippen LogP contribution is 2.22. The predicted molar refractivity (Wildman–Crippen MR) is 107 cm³/mol. The lowest BCUT2D eigenvalue weighted by atomic mass is 10.1. The van der Waals surface area contributed by atoms with Crippen LogP contribution < -0.4 is 10.2 Å². The molecule has 0 amide bonds. The molecule has 2 aromatic carbocycles. The Morgan fingerprint density at radius 1 is 1.08 bits per heavy atom. The molecule has 0 spiro atoms. The zero-order chi connectivity index (χ0) is 18.2. The number of hydrazone groups is 1. The molecule has 0 radical (unpaired) electrons. The number of methoxy groups -OCH3 is 1. The van der Waals surface area contributed by atoms with E-state index in [4.69, 9.17) is 4.74 Å². The number of hydrogen-bond donors (Lipinski definition) is 1. The third-order valence-electron chi connectivity index (χ3n) is 4.39. The molecule has 0 unspecified atom stereocenters. The molecular formula is C21H29N3O. The van der Waals surface area contributed by atoms with Crippen molar-refractivity contribution in [1.82, 2.24) is 4.90 Å². The van der Waals surface area contributed by atoms with Gasteiger partial charge in [0, 0.05) is 12.1 Å². The Hall–Kier alpha value is -2.33. The first-order valence-corrected chi connectivity index (χ1v) is 8.84. The first kappa shape index (κ1) is 19.0. The summed E-state index contributed by atoms with van der Waals surface area (Å²) in [6.45, 7) is 11.4. The van der Waals surface area contributed by atoms with E-state index < -0.39 is 0 Å². The van der Waals surface area contributed by atoms with E-state index in [0.717, 1.165) is 42.3 Å². The van der Waals surface area contributed by atoms with Crippen molar-refractivity contribution >= 4 is 11.4 Å². The quantitative estimate of drug-likeness (QED) is 0.560. The summed E-state index contributed by atoms with van der Waals surface area (Å²) in [7, 11) is 1.72. The topological polar surface area (TPSA) is 36.9 Å². The zero-order valence-corrected chi connectivity index (χ0v) is 16.0. The Morgan fingerprint density at radius 2 is 1.76 bits per heavy atom. The normalized spacial score (nSPS) is 11.7. The Balaban J connectivity index is 2.19.